The molecule has 1 aromatic rings. The number of hydrogen-bond acceptors (Lipinski definition) is 2. The van der Waals surface area contributed by atoms with Crippen LogP contribution in [-0.4, -0.2) is 12.4 Å². The monoisotopic (exact) mass is 346 g/mol. The van der Waals surface area contributed by atoms with Gasteiger partial charge in [0.2, 0.25) is 0 Å². The summed E-state index contributed by atoms with van der Waals surface area (Å²) in [4.78, 5) is 8.81. The van der Waals surface area contributed by atoms with E-state index in [0.717, 1.165) is 31.3 Å². The maximum atomic E-state index is 12.6. The Morgan fingerprint density at radius 2 is 1.88 bits per heavy atom. The molecule has 0 heterocycles. The zero-order chi connectivity index (χ0) is 19.0. The highest BCUT2D eigenvalue weighted by molar-refractivity contribution is 5.44. The van der Waals surface area contributed by atoms with Crippen LogP contribution in [0.1, 0.15) is 58.1 Å². The minimum atomic E-state index is -4.31. The molecule has 5 heteroatoms. The van der Waals surface area contributed by atoms with Gasteiger partial charge in [0.1, 0.15) is 6.29 Å². The van der Waals surface area contributed by atoms with Crippen molar-refractivity contribution in [2.45, 2.75) is 65.8 Å². The van der Waals surface area contributed by atoms with Crippen molar-refractivity contribution in [3.63, 3.8) is 0 Å². The van der Waals surface area contributed by atoms with Crippen LogP contribution in [0, 0.1) is 0 Å². The first-order valence-corrected chi connectivity index (χ1v) is 8.17. The van der Waals surface area contributed by atoms with Crippen molar-refractivity contribution in [3.05, 3.63) is 48.0 Å². The zero-order valence-corrected chi connectivity index (χ0v) is 15.0. The fourth-order valence-corrected chi connectivity index (χ4v) is 1.83. The topological polar surface area (TPSA) is 26.3 Å². The van der Waals surface area contributed by atoms with E-state index in [1.165, 1.54) is 13.0 Å². The van der Waals surface area contributed by atoms with Gasteiger partial charge in [-0.3, -0.25) is 0 Å². The Hall–Kier alpha value is -1.62. The Morgan fingerprint density at radius 1 is 1.29 bits per heavy atom. The predicted octanol–water partition coefficient (Wildman–Crippen LogP) is 6.20. The predicted molar refractivity (Wildman–Crippen MR) is 92.8 cm³/mol. The van der Waals surface area contributed by atoms with Crippen molar-refractivity contribution >= 4 is 6.29 Å². The van der Waals surface area contributed by atoms with Gasteiger partial charge in [0.25, 0.3) is 0 Å². The van der Waals surface area contributed by atoms with Gasteiger partial charge in [-0.1, -0.05) is 45.4 Å². The molecular weight excluding hydrogens is 317 g/mol. The van der Waals surface area contributed by atoms with Crippen LogP contribution in [0.15, 0.2) is 36.9 Å². The number of carbonyl (C=O) groups excluding carboxylic acids is 1. The molecule has 0 radical (unpaired) electrons. The Kier molecular flexibility index (Phi) is 15.3. The van der Waals surface area contributed by atoms with Crippen molar-refractivity contribution in [3.8, 4) is 0 Å². The van der Waals surface area contributed by atoms with Crippen molar-refractivity contribution in [2.75, 3.05) is 0 Å². The smallest absolute Gasteiger partial charge is 0.373 e. The van der Waals surface area contributed by atoms with Gasteiger partial charge in [-0.2, -0.15) is 13.2 Å². The first kappa shape index (κ1) is 24.6. The van der Waals surface area contributed by atoms with Crippen LogP contribution in [0.4, 0.5) is 13.2 Å². The largest absolute Gasteiger partial charge is 0.416 e. The quantitative estimate of drug-likeness (QED) is 0.434. The molecule has 138 valence electrons. The molecule has 2 nitrogen and oxygen atoms in total. The summed E-state index contributed by atoms with van der Waals surface area (Å²) in [5.41, 5.74) is -0.0932. The van der Waals surface area contributed by atoms with Gasteiger partial charge < -0.3 is 9.53 Å². The second kappa shape index (κ2) is 14.9. The molecule has 0 bridgehead atoms. The molecule has 0 aliphatic heterocycles. The van der Waals surface area contributed by atoms with Gasteiger partial charge >= 0.3 is 6.18 Å². The van der Waals surface area contributed by atoms with E-state index in [-0.39, 0.29) is 12.7 Å². The summed E-state index contributed by atoms with van der Waals surface area (Å²) in [5, 5.41) is 0. The summed E-state index contributed by atoms with van der Waals surface area (Å²) in [7, 11) is 0. The lowest BCUT2D eigenvalue weighted by atomic mass is 10.1. The number of alkyl halides is 3. The number of hydrogen-bond donors (Lipinski definition) is 0. The molecule has 1 rings (SSSR count). The second-order valence-corrected chi connectivity index (χ2v) is 4.68. The standard InChI is InChI=1S/C15H19F3O.C2H4O.C2H6/c1-3-6-14(7-4-2)19-11-12-8-5-9-13(10-12)15(16,17)18;1-2-3;1-2/h3,5,8-10,14H,1,4,6-7,11H2,2H3;2H,1H3;1-2H3. The lowest BCUT2D eigenvalue weighted by Crippen LogP contribution is -2.12. The highest BCUT2D eigenvalue weighted by Crippen LogP contribution is 2.29. The third-order valence-electron chi connectivity index (χ3n) is 2.78. The molecule has 0 aliphatic rings. The van der Waals surface area contributed by atoms with Crippen LogP contribution < -0.4 is 0 Å². The number of halogens is 3. The number of aldehydes is 1. The summed E-state index contributed by atoms with van der Waals surface area (Å²) < 4.78 is 43.3. The molecule has 0 amide bonds. The third kappa shape index (κ3) is 11.9. The maximum Gasteiger partial charge on any atom is 0.416 e. The highest BCUT2D eigenvalue weighted by atomic mass is 19.4. The molecule has 0 aromatic heterocycles. The molecule has 0 fully saturated rings. The SMILES string of the molecule is C=CCC(CCC)OCc1cccc(C(F)(F)F)c1.CC.CC=O. The van der Waals surface area contributed by atoms with E-state index >= 15 is 0 Å². The third-order valence-corrected chi connectivity index (χ3v) is 2.78. The van der Waals surface area contributed by atoms with E-state index < -0.39 is 11.7 Å². The van der Waals surface area contributed by atoms with Gasteiger partial charge in [0.15, 0.2) is 0 Å². The molecule has 1 unspecified atom stereocenters. The van der Waals surface area contributed by atoms with Gasteiger partial charge in [0.05, 0.1) is 18.3 Å². The Bertz CT molecular complexity index is 442. The lowest BCUT2D eigenvalue weighted by molar-refractivity contribution is -0.137. The van der Waals surface area contributed by atoms with E-state index in [1.807, 2.05) is 20.8 Å². The van der Waals surface area contributed by atoms with Gasteiger partial charge in [-0.15, -0.1) is 6.58 Å². The van der Waals surface area contributed by atoms with Crippen molar-refractivity contribution < 1.29 is 22.7 Å². The van der Waals surface area contributed by atoms with Crippen LogP contribution in [0.25, 0.3) is 0 Å². The molecule has 24 heavy (non-hydrogen) atoms. The Labute approximate surface area is 143 Å². The van der Waals surface area contributed by atoms with Crippen molar-refractivity contribution in [1.82, 2.24) is 0 Å². The molecular formula is C19H29F3O2. The highest BCUT2D eigenvalue weighted by Gasteiger charge is 2.30. The van der Waals surface area contributed by atoms with E-state index in [1.54, 1.807) is 12.1 Å². The lowest BCUT2D eigenvalue weighted by Gasteiger charge is -2.16. The molecule has 0 N–H and O–H groups in total. The number of carbonyl (C=O) groups is 1. The van der Waals surface area contributed by atoms with E-state index in [0.29, 0.717) is 12.0 Å². The van der Waals surface area contributed by atoms with Gasteiger partial charge in [0, 0.05) is 0 Å². The van der Waals surface area contributed by atoms with Crippen molar-refractivity contribution in [1.29, 1.82) is 0 Å². The normalized spacial score (nSPS) is 11.3. The van der Waals surface area contributed by atoms with Gasteiger partial charge in [-0.25, -0.2) is 0 Å². The van der Waals surface area contributed by atoms with Gasteiger partial charge in [-0.05, 0) is 37.5 Å². The molecule has 1 atom stereocenters. The summed E-state index contributed by atoms with van der Waals surface area (Å²) >= 11 is 0. The first-order valence-electron chi connectivity index (χ1n) is 8.17. The maximum absolute atomic E-state index is 12.6. The Balaban J connectivity index is 0. The average Bonchev–Trinajstić information content (AvgIpc) is 2.55. The fourth-order valence-electron chi connectivity index (χ4n) is 1.83. The van der Waals surface area contributed by atoms with Crippen LogP contribution in [0.5, 0.6) is 0 Å². The molecule has 0 spiro atoms. The summed E-state index contributed by atoms with van der Waals surface area (Å²) in [5.74, 6) is 0. The zero-order valence-electron chi connectivity index (χ0n) is 15.0. The second-order valence-electron chi connectivity index (χ2n) is 4.68. The summed E-state index contributed by atoms with van der Waals surface area (Å²) in [6.45, 7) is 11.3. The summed E-state index contributed by atoms with van der Waals surface area (Å²) in [6.07, 6.45) is 0.808. The Morgan fingerprint density at radius 3 is 2.33 bits per heavy atom. The van der Waals surface area contributed by atoms with Crippen LogP contribution in [0.2, 0.25) is 0 Å². The van der Waals surface area contributed by atoms with Crippen LogP contribution in [-0.2, 0) is 22.3 Å². The average molecular weight is 346 g/mol. The molecule has 0 saturated carbocycles. The number of ether oxygens (including phenoxy) is 1. The first-order chi connectivity index (χ1) is 11.4. The minimum Gasteiger partial charge on any atom is -0.373 e. The van der Waals surface area contributed by atoms with Crippen LogP contribution >= 0.6 is 0 Å². The van der Waals surface area contributed by atoms with Crippen molar-refractivity contribution in [2.24, 2.45) is 0 Å². The summed E-state index contributed by atoms with van der Waals surface area (Å²) in [6, 6.07) is 5.25. The molecule has 0 saturated heterocycles. The minimum absolute atomic E-state index is 0.0250. The molecule has 1 aromatic carbocycles. The van der Waals surface area contributed by atoms with E-state index in [2.05, 4.69) is 6.58 Å². The molecule has 0 aliphatic carbocycles. The fraction of sp³-hybridized carbons (Fsp3) is 0.526. The van der Waals surface area contributed by atoms with E-state index in [9.17, 15) is 13.2 Å². The van der Waals surface area contributed by atoms with Crippen LogP contribution in [0.3, 0.4) is 0 Å². The van der Waals surface area contributed by atoms with E-state index in [4.69, 9.17) is 9.53 Å². The number of rotatable bonds is 7. The number of benzene rings is 1.